The molecule has 1 aromatic heterocycles. The van der Waals surface area contributed by atoms with E-state index in [4.69, 9.17) is 18.9 Å². The van der Waals surface area contributed by atoms with E-state index in [2.05, 4.69) is 22.1 Å². The minimum Gasteiger partial charge on any atom is -0.493 e. The zero-order valence-electron chi connectivity index (χ0n) is 19.7. The Kier molecular flexibility index (Phi) is 8.80. The number of nitrogens with one attached hydrogen (secondary N) is 1. The van der Waals surface area contributed by atoms with Crippen LogP contribution in [-0.2, 0) is 11.3 Å². The third-order valence-corrected chi connectivity index (χ3v) is 5.71. The lowest BCUT2D eigenvalue weighted by Crippen LogP contribution is -2.15. The van der Waals surface area contributed by atoms with Crippen molar-refractivity contribution in [3.63, 3.8) is 0 Å². The summed E-state index contributed by atoms with van der Waals surface area (Å²) in [6.45, 7) is 6.70. The van der Waals surface area contributed by atoms with Crippen molar-refractivity contribution >= 4 is 23.4 Å². The lowest BCUT2D eigenvalue weighted by atomic mass is 10.1. The minimum atomic E-state index is -0.181. The first-order valence-corrected chi connectivity index (χ1v) is 11.5. The van der Waals surface area contributed by atoms with Gasteiger partial charge in [-0.1, -0.05) is 30.0 Å². The molecule has 9 nitrogen and oxygen atoms in total. The molecule has 0 saturated carbocycles. The monoisotopic (exact) mass is 484 g/mol. The topological polar surface area (TPSA) is 96.7 Å². The van der Waals surface area contributed by atoms with Crippen molar-refractivity contribution in [2.75, 3.05) is 39.0 Å². The van der Waals surface area contributed by atoms with Crippen molar-refractivity contribution in [1.29, 1.82) is 0 Å². The molecular weight excluding hydrogens is 456 g/mol. The van der Waals surface area contributed by atoms with E-state index in [1.165, 1.54) is 11.8 Å². The van der Waals surface area contributed by atoms with Gasteiger partial charge in [0.25, 0.3) is 0 Å². The van der Waals surface area contributed by atoms with Crippen molar-refractivity contribution in [2.45, 2.75) is 18.6 Å². The summed E-state index contributed by atoms with van der Waals surface area (Å²) in [7, 11) is 4.66. The molecule has 1 N–H and O–H groups in total. The first-order chi connectivity index (χ1) is 16.6. The molecule has 0 aliphatic rings. The summed E-state index contributed by atoms with van der Waals surface area (Å²) in [6.07, 6.45) is 1.74. The number of rotatable bonds is 12. The number of anilines is 1. The first kappa shape index (κ1) is 25.0. The van der Waals surface area contributed by atoms with Crippen LogP contribution in [0.25, 0.3) is 11.4 Å². The first-order valence-electron chi connectivity index (χ1n) is 10.5. The highest BCUT2D eigenvalue weighted by Gasteiger charge is 2.20. The van der Waals surface area contributed by atoms with Gasteiger partial charge in [0.05, 0.1) is 39.4 Å². The van der Waals surface area contributed by atoms with Crippen molar-refractivity contribution in [1.82, 2.24) is 14.8 Å². The third kappa shape index (κ3) is 5.63. The molecule has 10 heteroatoms. The molecule has 0 atom stereocenters. The van der Waals surface area contributed by atoms with Gasteiger partial charge in [0, 0.05) is 12.1 Å². The average molecular weight is 485 g/mol. The van der Waals surface area contributed by atoms with E-state index in [1.54, 1.807) is 45.6 Å². The molecule has 0 unspecified atom stereocenters. The average Bonchev–Trinajstić information content (AvgIpc) is 3.25. The van der Waals surface area contributed by atoms with Crippen molar-refractivity contribution in [2.24, 2.45) is 0 Å². The van der Waals surface area contributed by atoms with E-state index in [-0.39, 0.29) is 11.7 Å². The van der Waals surface area contributed by atoms with E-state index in [0.29, 0.717) is 52.8 Å². The van der Waals surface area contributed by atoms with Crippen LogP contribution >= 0.6 is 11.8 Å². The van der Waals surface area contributed by atoms with Crippen LogP contribution in [0.15, 0.2) is 54.2 Å². The number of nitrogens with zero attached hydrogens (tertiary/aromatic N) is 3. The molecule has 34 heavy (non-hydrogen) atoms. The number of amides is 1. The second-order valence-electron chi connectivity index (χ2n) is 6.89. The predicted molar refractivity (Wildman–Crippen MR) is 132 cm³/mol. The van der Waals surface area contributed by atoms with Crippen LogP contribution in [0.1, 0.15) is 6.92 Å². The SMILES string of the molecule is C=CCn1c(SCC(=O)Nc2ccccc2OCC)nnc1-c1cc(OC)c(OC)c(OC)c1. The molecular formula is C24H28N4O5S. The predicted octanol–water partition coefficient (Wildman–Crippen LogP) is 4.29. The number of carbonyl (C=O) groups excluding carboxylic acids is 1. The minimum absolute atomic E-state index is 0.144. The molecule has 3 aromatic rings. The van der Waals surface area contributed by atoms with Gasteiger partial charge in [-0.25, -0.2) is 0 Å². The second kappa shape index (κ2) is 12.0. The van der Waals surface area contributed by atoms with Gasteiger partial charge in [-0.3, -0.25) is 9.36 Å². The molecule has 0 bridgehead atoms. The number of hydrogen-bond donors (Lipinski definition) is 1. The van der Waals surface area contributed by atoms with Crippen LogP contribution in [0.4, 0.5) is 5.69 Å². The largest absolute Gasteiger partial charge is 0.493 e. The van der Waals surface area contributed by atoms with Crippen LogP contribution in [0.3, 0.4) is 0 Å². The number of methoxy groups -OCH3 is 3. The van der Waals surface area contributed by atoms with E-state index in [0.717, 1.165) is 5.56 Å². The lowest BCUT2D eigenvalue weighted by Gasteiger charge is -2.14. The van der Waals surface area contributed by atoms with Crippen LogP contribution in [0.2, 0.25) is 0 Å². The molecule has 3 rings (SSSR count). The molecule has 1 amide bonds. The molecule has 2 aromatic carbocycles. The van der Waals surface area contributed by atoms with Gasteiger partial charge < -0.3 is 24.3 Å². The maximum atomic E-state index is 12.6. The quantitative estimate of drug-likeness (QED) is 0.300. The molecule has 0 aliphatic heterocycles. The maximum absolute atomic E-state index is 12.6. The Morgan fingerprint density at radius 2 is 1.79 bits per heavy atom. The number of hydrogen-bond acceptors (Lipinski definition) is 8. The standard InChI is InChI=1S/C24H28N4O5S/c1-6-12-28-23(16-13-19(30-3)22(32-5)20(14-16)31-4)26-27-24(28)34-15-21(29)25-17-10-8-9-11-18(17)33-7-2/h6,8-11,13-14H,1,7,12,15H2,2-5H3,(H,25,29). The Labute approximate surface area is 203 Å². The smallest absolute Gasteiger partial charge is 0.234 e. The summed E-state index contributed by atoms with van der Waals surface area (Å²) in [6, 6.07) is 10.9. The van der Waals surface area contributed by atoms with E-state index in [9.17, 15) is 4.79 Å². The van der Waals surface area contributed by atoms with Gasteiger partial charge in [0.2, 0.25) is 11.7 Å². The van der Waals surface area contributed by atoms with Crippen LogP contribution in [0.5, 0.6) is 23.0 Å². The van der Waals surface area contributed by atoms with E-state index >= 15 is 0 Å². The number of ether oxygens (including phenoxy) is 4. The highest BCUT2D eigenvalue weighted by Crippen LogP contribution is 2.41. The van der Waals surface area contributed by atoms with Gasteiger partial charge >= 0.3 is 0 Å². The molecule has 0 fully saturated rings. The maximum Gasteiger partial charge on any atom is 0.234 e. The van der Waals surface area contributed by atoms with Gasteiger partial charge in [-0.05, 0) is 31.2 Å². The number of aromatic nitrogens is 3. The number of para-hydroxylation sites is 2. The Morgan fingerprint density at radius 3 is 2.41 bits per heavy atom. The van der Waals surface area contributed by atoms with Crippen LogP contribution in [-0.4, -0.2) is 54.4 Å². The number of thioether (sulfide) groups is 1. The normalized spacial score (nSPS) is 10.5. The van der Waals surface area contributed by atoms with Gasteiger partial charge in [-0.2, -0.15) is 0 Å². The summed E-state index contributed by atoms with van der Waals surface area (Å²) in [5, 5.41) is 12.1. The summed E-state index contributed by atoms with van der Waals surface area (Å²) in [5.74, 6) is 2.68. The fraction of sp³-hybridized carbons (Fsp3) is 0.292. The fourth-order valence-corrected chi connectivity index (χ4v) is 4.03. The van der Waals surface area contributed by atoms with E-state index in [1.807, 2.05) is 29.7 Å². The van der Waals surface area contributed by atoms with Gasteiger partial charge in [0.15, 0.2) is 22.5 Å². The molecule has 1 heterocycles. The second-order valence-corrected chi connectivity index (χ2v) is 7.83. The number of allylic oxidation sites excluding steroid dienone is 1. The Bertz CT molecular complexity index is 1120. The van der Waals surface area contributed by atoms with Crippen molar-refractivity contribution < 1.29 is 23.7 Å². The molecule has 0 aliphatic carbocycles. The van der Waals surface area contributed by atoms with Crippen molar-refractivity contribution in [3.8, 4) is 34.4 Å². The number of benzene rings is 2. The fourth-order valence-electron chi connectivity index (χ4n) is 3.28. The lowest BCUT2D eigenvalue weighted by molar-refractivity contribution is -0.113. The summed E-state index contributed by atoms with van der Waals surface area (Å²) >= 11 is 1.28. The molecule has 0 saturated heterocycles. The molecule has 180 valence electrons. The zero-order valence-corrected chi connectivity index (χ0v) is 20.5. The number of carbonyl (C=O) groups is 1. The third-order valence-electron chi connectivity index (χ3n) is 4.74. The summed E-state index contributed by atoms with van der Waals surface area (Å²) in [4.78, 5) is 12.6. The van der Waals surface area contributed by atoms with Crippen LogP contribution in [0, 0.1) is 0 Å². The van der Waals surface area contributed by atoms with Gasteiger partial charge in [-0.15, -0.1) is 16.8 Å². The highest BCUT2D eigenvalue weighted by molar-refractivity contribution is 7.99. The van der Waals surface area contributed by atoms with Gasteiger partial charge in [0.1, 0.15) is 5.75 Å². The molecule has 0 spiro atoms. The van der Waals surface area contributed by atoms with Crippen LogP contribution < -0.4 is 24.3 Å². The molecule has 0 radical (unpaired) electrons. The Balaban J connectivity index is 1.82. The Hall–Kier alpha value is -3.66. The highest BCUT2D eigenvalue weighted by atomic mass is 32.2. The zero-order chi connectivity index (χ0) is 24.5. The van der Waals surface area contributed by atoms with E-state index < -0.39 is 0 Å². The summed E-state index contributed by atoms with van der Waals surface area (Å²) in [5.41, 5.74) is 1.35. The van der Waals surface area contributed by atoms with Crippen molar-refractivity contribution in [3.05, 3.63) is 49.1 Å². The Morgan fingerprint density at radius 1 is 1.09 bits per heavy atom. The summed E-state index contributed by atoms with van der Waals surface area (Å²) < 4.78 is 23.8.